The van der Waals surface area contributed by atoms with Crippen molar-refractivity contribution in [2.45, 2.75) is 18.9 Å². The fourth-order valence-corrected chi connectivity index (χ4v) is 2.62. The molecule has 2 rings (SSSR count). The molecule has 3 nitrogen and oxygen atoms in total. The van der Waals surface area contributed by atoms with E-state index >= 15 is 0 Å². The lowest BCUT2D eigenvalue weighted by Crippen LogP contribution is -2.51. The molecule has 112 valence electrons. The second kappa shape index (κ2) is 6.11. The molecule has 1 heterocycles. The highest BCUT2D eigenvalue weighted by Crippen LogP contribution is 2.38. The molecule has 0 unspecified atom stereocenters. The van der Waals surface area contributed by atoms with Crippen LogP contribution in [0.25, 0.3) is 0 Å². The second-order valence-corrected chi connectivity index (χ2v) is 5.11. The van der Waals surface area contributed by atoms with Crippen LogP contribution in [-0.4, -0.2) is 48.7 Å². The van der Waals surface area contributed by atoms with Crippen LogP contribution in [-0.2, 0) is 0 Å². The molecule has 1 atom stereocenters. The summed E-state index contributed by atoms with van der Waals surface area (Å²) in [4.78, 5) is 1.61. The van der Waals surface area contributed by atoms with Crippen LogP contribution in [0.4, 0.5) is 13.2 Å². The van der Waals surface area contributed by atoms with Crippen LogP contribution < -0.4 is 5.32 Å². The smallest absolute Gasteiger partial charge is 0.289 e. The highest BCUT2D eigenvalue weighted by atomic mass is 19.3. The van der Waals surface area contributed by atoms with Gasteiger partial charge in [-0.05, 0) is 30.2 Å². The van der Waals surface area contributed by atoms with E-state index in [0.29, 0.717) is 31.7 Å². The van der Waals surface area contributed by atoms with Crippen molar-refractivity contribution in [1.29, 1.82) is 0 Å². The SMILES string of the molecule is Cc1ccc(F)cc1[C@H](N1CCNCC1)C(F)(F)CO. The van der Waals surface area contributed by atoms with Gasteiger partial charge < -0.3 is 10.4 Å². The van der Waals surface area contributed by atoms with E-state index in [1.54, 1.807) is 11.8 Å². The predicted octanol–water partition coefficient (Wildman–Crippen LogP) is 1.71. The zero-order chi connectivity index (χ0) is 14.8. The summed E-state index contributed by atoms with van der Waals surface area (Å²) < 4.78 is 41.8. The number of aliphatic hydroxyl groups is 1. The average Bonchev–Trinajstić information content (AvgIpc) is 2.44. The molecule has 0 saturated carbocycles. The van der Waals surface area contributed by atoms with Crippen LogP contribution >= 0.6 is 0 Å². The third kappa shape index (κ3) is 3.13. The summed E-state index contributed by atoms with van der Waals surface area (Å²) in [6.07, 6.45) is 0. The summed E-state index contributed by atoms with van der Waals surface area (Å²) in [5.74, 6) is -3.85. The summed E-state index contributed by atoms with van der Waals surface area (Å²) in [5.41, 5.74) is 0.842. The average molecular weight is 288 g/mol. The Morgan fingerprint density at radius 2 is 2.00 bits per heavy atom. The van der Waals surface area contributed by atoms with Crippen LogP contribution in [0.5, 0.6) is 0 Å². The van der Waals surface area contributed by atoms with Crippen LogP contribution in [0.15, 0.2) is 18.2 Å². The van der Waals surface area contributed by atoms with E-state index in [2.05, 4.69) is 5.32 Å². The Kier molecular flexibility index (Phi) is 4.67. The van der Waals surface area contributed by atoms with Crippen molar-refractivity contribution in [3.63, 3.8) is 0 Å². The van der Waals surface area contributed by atoms with Crippen LogP contribution in [0.1, 0.15) is 17.2 Å². The molecule has 1 fully saturated rings. The van der Waals surface area contributed by atoms with Crippen molar-refractivity contribution < 1.29 is 18.3 Å². The Morgan fingerprint density at radius 3 is 2.60 bits per heavy atom. The molecule has 0 spiro atoms. The standard InChI is InChI=1S/C14H19F3N2O/c1-10-2-3-11(15)8-12(10)13(14(16,17)9-20)19-6-4-18-5-7-19/h2-3,8,13,18,20H,4-7,9H2,1H3/t13-/m0/s1. The first kappa shape index (κ1) is 15.3. The first-order chi connectivity index (χ1) is 9.45. The van der Waals surface area contributed by atoms with Gasteiger partial charge in [0.2, 0.25) is 0 Å². The number of hydrogen-bond donors (Lipinski definition) is 2. The maximum Gasteiger partial charge on any atom is 0.289 e. The third-order valence-corrected chi connectivity index (χ3v) is 3.66. The Bertz CT molecular complexity index is 462. The number of rotatable bonds is 4. The van der Waals surface area contributed by atoms with E-state index in [-0.39, 0.29) is 5.56 Å². The highest BCUT2D eigenvalue weighted by Gasteiger charge is 2.44. The number of aliphatic hydroxyl groups excluding tert-OH is 1. The largest absolute Gasteiger partial charge is 0.390 e. The maximum atomic E-state index is 14.2. The maximum absolute atomic E-state index is 14.2. The summed E-state index contributed by atoms with van der Waals surface area (Å²) in [6.45, 7) is 2.51. The Hall–Kier alpha value is -1.11. The van der Waals surface area contributed by atoms with Crippen molar-refractivity contribution in [2.75, 3.05) is 32.8 Å². The molecule has 0 amide bonds. The summed E-state index contributed by atoms with van der Waals surface area (Å²) in [7, 11) is 0. The molecule has 1 saturated heterocycles. The van der Waals surface area contributed by atoms with Crippen LogP contribution in [0.2, 0.25) is 0 Å². The van der Waals surface area contributed by atoms with Gasteiger partial charge in [-0.25, -0.2) is 13.2 Å². The topological polar surface area (TPSA) is 35.5 Å². The van der Waals surface area contributed by atoms with E-state index in [9.17, 15) is 13.2 Å². The van der Waals surface area contributed by atoms with Gasteiger partial charge in [0.05, 0.1) is 0 Å². The van der Waals surface area contributed by atoms with E-state index in [4.69, 9.17) is 5.11 Å². The van der Waals surface area contributed by atoms with Crippen molar-refractivity contribution >= 4 is 0 Å². The molecular formula is C14H19F3N2O. The fraction of sp³-hybridized carbons (Fsp3) is 0.571. The van der Waals surface area contributed by atoms with E-state index in [1.807, 2.05) is 0 Å². The summed E-state index contributed by atoms with van der Waals surface area (Å²) in [5, 5.41) is 12.1. The van der Waals surface area contributed by atoms with Crippen molar-refractivity contribution in [3.8, 4) is 0 Å². The van der Waals surface area contributed by atoms with E-state index in [1.165, 1.54) is 12.1 Å². The Balaban J connectivity index is 2.42. The van der Waals surface area contributed by atoms with Crippen molar-refractivity contribution in [2.24, 2.45) is 0 Å². The number of nitrogens with one attached hydrogen (secondary N) is 1. The van der Waals surface area contributed by atoms with Crippen molar-refractivity contribution in [3.05, 3.63) is 35.1 Å². The molecule has 0 radical (unpaired) electrons. The Morgan fingerprint density at radius 1 is 1.35 bits per heavy atom. The van der Waals surface area contributed by atoms with Gasteiger partial charge in [0, 0.05) is 26.2 Å². The molecule has 1 aromatic carbocycles. The minimum atomic E-state index is -3.31. The zero-order valence-corrected chi connectivity index (χ0v) is 11.4. The molecular weight excluding hydrogens is 269 g/mol. The lowest BCUT2D eigenvalue weighted by Gasteiger charge is -2.39. The molecule has 0 aromatic heterocycles. The van der Waals surface area contributed by atoms with Crippen molar-refractivity contribution in [1.82, 2.24) is 10.2 Å². The minimum absolute atomic E-state index is 0.242. The number of alkyl halides is 2. The van der Waals surface area contributed by atoms with Crippen LogP contribution in [0, 0.1) is 12.7 Å². The molecule has 6 heteroatoms. The van der Waals surface area contributed by atoms with E-state index < -0.39 is 24.4 Å². The number of halogens is 3. The number of nitrogens with zero attached hydrogens (tertiary/aromatic N) is 1. The minimum Gasteiger partial charge on any atom is -0.390 e. The second-order valence-electron chi connectivity index (χ2n) is 5.11. The van der Waals surface area contributed by atoms with Gasteiger partial charge in [0.15, 0.2) is 0 Å². The number of benzene rings is 1. The number of aryl methyl sites for hydroxylation is 1. The lowest BCUT2D eigenvalue weighted by atomic mass is 9.94. The van der Waals surface area contributed by atoms with E-state index in [0.717, 1.165) is 6.07 Å². The van der Waals surface area contributed by atoms with Gasteiger partial charge >= 0.3 is 0 Å². The molecule has 1 aromatic rings. The van der Waals surface area contributed by atoms with Gasteiger partial charge in [-0.3, -0.25) is 4.90 Å². The zero-order valence-electron chi connectivity index (χ0n) is 11.4. The number of hydrogen-bond acceptors (Lipinski definition) is 3. The highest BCUT2D eigenvalue weighted by molar-refractivity contribution is 5.31. The van der Waals surface area contributed by atoms with Crippen LogP contribution in [0.3, 0.4) is 0 Å². The predicted molar refractivity (Wildman–Crippen MR) is 70.4 cm³/mol. The summed E-state index contributed by atoms with van der Waals surface area (Å²) in [6, 6.07) is 2.59. The van der Waals surface area contributed by atoms with Gasteiger partial charge in [-0.15, -0.1) is 0 Å². The molecule has 0 aliphatic carbocycles. The fourth-order valence-electron chi connectivity index (χ4n) is 2.62. The lowest BCUT2D eigenvalue weighted by molar-refractivity contribution is -0.118. The molecule has 1 aliphatic heterocycles. The third-order valence-electron chi connectivity index (χ3n) is 3.66. The Labute approximate surface area is 116 Å². The van der Waals surface area contributed by atoms with Gasteiger partial charge in [-0.2, -0.15) is 0 Å². The van der Waals surface area contributed by atoms with Gasteiger partial charge in [0.1, 0.15) is 18.5 Å². The monoisotopic (exact) mass is 288 g/mol. The molecule has 2 N–H and O–H groups in total. The molecule has 20 heavy (non-hydrogen) atoms. The van der Waals surface area contributed by atoms with Gasteiger partial charge in [0.25, 0.3) is 5.92 Å². The normalized spacial score (nSPS) is 19.1. The quantitative estimate of drug-likeness (QED) is 0.885. The number of piperazine rings is 1. The first-order valence-electron chi connectivity index (χ1n) is 6.65. The first-order valence-corrected chi connectivity index (χ1v) is 6.65. The molecule has 1 aliphatic rings. The van der Waals surface area contributed by atoms with Gasteiger partial charge in [-0.1, -0.05) is 6.07 Å². The summed E-state index contributed by atoms with van der Waals surface area (Å²) >= 11 is 0. The molecule has 0 bridgehead atoms.